The van der Waals surface area contributed by atoms with Gasteiger partial charge in [-0.3, -0.25) is 4.99 Å². The molecule has 1 N–H and O–H groups in total. The smallest absolute Gasteiger partial charge is 0.193 e. The highest BCUT2D eigenvalue weighted by Crippen LogP contribution is 2.28. The molecule has 0 spiro atoms. The van der Waals surface area contributed by atoms with Gasteiger partial charge in [0.1, 0.15) is 0 Å². The molecule has 1 aliphatic rings. The average Bonchev–Trinajstić information content (AvgIpc) is 2.44. The Morgan fingerprint density at radius 1 is 1.30 bits per heavy atom. The minimum atomic E-state index is 0.785. The number of nitrogens with one attached hydrogen (secondary N) is 1. The highest BCUT2D eigenvalue weighted by Gasteiger charge is 2.20. The zero-order valence-electron chi connectivity index (χ0n) is 13.8. The van der Waals surface area contributed by atoms with E-state index in [0.29, 0.717) is 0 Å². The molecule has 0 amide bonds. The van der Waals surface area contributed by atoms with Gasteiger partial charge < -0.3 is 15.0 Å². The monoisotopic (exact) mass is 283 g/mol. The molecule has 1 saturated carbocycles. The van der Waals surface area contributed by atoms with E-state index in [4.69, 9.17) is 4.74 Å². The minimum Gasteiger partial charge on any atom is -0.385 e. The normalized spacial score (nSPS) is 23.7. The molecule has 0 saturated heterocycles. The van der Waals surface area contributed by atoms with Gasteiger partial charge in [-0.25, -0.2) is 0 Å². The van der Waals surface area contributed by atoms with Crippen LogP contribution >= 0.6 is 0 Å². The lowest BCUT2D eigenvalue weighted by Gasteiger charge is -2.31. The molecule has 0 bridgehead atoms. The largest absolute Gasteiger partial charge is 0.385 e. The highest BCUT2D eigenvalue weighted by molar-refractivity contribution is 5.79. The Kier molecular flexibility index (Phi) is 8.67. The standard InChI is InChI=1S/C16H33N3O/c1-5-17-16(18-11-6-12-20-4)19(3)13-15-9-7-14(2)8-10-15/h14-15H,5-13H2,1-4H3,(H,17,18). The maximum atomic E-state index is 5.07. The van der Waals surface area contributed by atoms with Crippen molar-refractivity contribution in [1.29, 1.82) is 0 Å². The van der Waals surface area contributed by atoms with Crippen LogP contribution in [0.1, 0.15) is 46.0 Å². The van der Waals surface area contributed by atoms with Crippen molar-refractivity contribution in [3.05, 3.63) is 0 Å². The van der Waals surface area contributed by atoms with Crippen molar-refractivity contribution in [2.24, 2.45) is 16.8 Å². The lowest BCUT2D eigenvalue weighted by atomic mass is 9.83. The summed E-state index contributed by atoms with van der Waals surface area (Å²) in [5, 5.41) is 3.39. The van der Waals surface area contributed by atoms with Crippen LogP contribution in [0.25, 0.3) is 0 Å². The summed E-state index contributed by atoms with van der Waals surface area (Å²) >= 11 is 0. The zero-order valence-corrected chi connectivity index (χ0v) is 13.8. The molecule has 0 radical (unpaired) electrons. The summed E-state index contributed by atoms with van der Waals surface area (Å²) in [5.74, 6) is 2.80. The van der Waals surface area contributed by atoms with Gasteiger partial charge in [0.25, 0.3) is 0 Å². The number of ether oxygens (including phenoxy) is 1. The Labute approximate surface area is 125 Å². The number of hydrogen-bond donors (Lipinski definition) is 1. The molecule has 118 valence electrons. The molecule has 0 aliphatic heterocycles. The fraction of sp³-hybridized carbons (Fsp3) is 0.938. The molecule has 0 aromatic rings. The third kappa shape index (κ3) is 6.60. The molecule has 0 unspecified atom stereocenters. The van der Waals surface area contributed by atoms with Gasteiger partial charge in [0.05, 0.1) is 0 Å². The Morgan fingerprint density at radius 2 is 2.00 bits per heavy atom. The molecule has 1 aliphatic carbocycles. The molecule has 1 fully saturated rings. The van der Waals surface area contributed by atoms with E-state index in [0.717, 1.165) is 50.5 Å². The fourth-order valence-electron chi connectivity index (χ4n) is 2.85. The molecule has 0 aromatic heterocycles. The summed E-state index contributed by atoms with van der Waals surface area (Å²) in [6.45, 7) is 8.18. The summed E-state index contributed by atoms with van der Waals surface area (Å²) in [4.78, 5) is 6.99. The maximum absolute atomic E-state index is 5.07. The van der Waals surface area contributed by atoms with E-state index < -0.39 is 0 Å². The first-order valence-corrected chi connectivity index (χ1v) is 8.15. The third-order valence-corrected chi connectivity index (χ3v) is 4.13. The summed E-state index contributed by atoms with van der Waals surface area (Å²) in [6, 6.07) is 0. The predicted molar refractivity (Wildman–Crippen MR) is 86.2 cm³/mol. The molecule has 1 rings (SSSR count). The quantitative estimate of drug-likeness (QED) is 0.443. The number of hydrogen-bond acceptors (Lipinski definition) is 2. The maximum Gasteiger partial charge on any atom is 0.193 e. The lowest BCUT2D eigenvalue weighted by Crippen LogP contribution is -2.42. The van der Waals surface area contributed by atoms with Crippen molar-refractivity contribution in [3.8, 4) is 0 Å². The van der Waals surface area contributed by atoms with Crippen LogP contribution in [0.3, 0.4) is 0 Å². The van der Waals surface area contributed by atoms with Crippen LogP contribution in [0.15, 0.2) is 4.99 Å². The molecule has 0 aromatic carbocycles. The van der Waals surface area contributed by atoms with Crippen molar-refractivity contribution < 1.29 is 4.74 Å². The van der Waals surface area contributed by atoms with Crippen LogP contribution in [0.4, 0.5) is 0 Å². The molecular formula is C16H33N3O. The van der Waals surface area contributed by atoms with Crippen molar-refractivity contribution >= 4 is 5.96 Å². The Balaban J connectivity index is 2.40. The number of rotatable bonds is 7. The number of methoxy groups -OCH3 is 1. The molecule has 0 heterocycles. The van der Waals surface area contributed by atoms with Gasteiger partial charge in [0.15, 0.2) is 5.96 Å². The van der Waals surface area contributed by atoms with Gasteiger partial charge in [-0.1, -0.05) is 19.8 Å². The topological polar surface area (TPSA) is 36.9 Å². The summed E-state index contributed by atoms with van der Waals surface area (Å²) < 4.78 is 5.07. The second-order valence-electron chi connectivity index (χ2n) is 6.09. The fourth-order valence-corrected chi connectivity index (χ4v) is 2.85. The van der Waals surface area contributed by atoms with E-state index in [-0.39, 0.29) is 0 Å². The van der Waals surface area contributed by atoms with Gasteiger partial charge >= 0.3 is 0 Å². The van der Waals surface area contributed by atoms with Gasteiger partial charge in [0.2, 0.25) is 0 Å². The van der Waals surface area contributed by atoms with Gasteiger partial charge in [-0.2, -0.15) is 0 Å². The van der Waals surface area contributed by atoms with E-state index in [2.05, 4.69) is 36.1 Å². The van der Waals surface area contributed by atoms with Gasteiger partial charge in [-0.15, -0.1) is 0 Å². The van der Waals surface area contributed by atoms with Crippen LogP contribution in [0.2, 0.25) is 0 Å². The van der Waals surface area contributed by atoms with Crippen LogP contribution in [-0.4, -0.2) is 51.3 Å². The first-order valence-electron chi connectivity index (χ1n) is 8.15. The molecular weight excluding hydrogens is 250 g/mol. The van der Waals surface area contributed by atoms with Crippen LogP contribution in [0, 0.1) is 11.8 Å². The van der Waals surface area contributed by atoms with E-state index >= 15 is 0 Å². The minimum absolute atomic E-state index is 0.785. The van der Waals surface area contributed by atoms with E-state index in [9.17, 15) is 0 Å². The number of aliphatic imine (C=N–C) groups is 1. The van der Waals surface area contributed by atoms with Crippen LogP contribution in [0.5, 0.6) is 0 Å². The first-order chi connectivity index (χ1) is 9.67. The third-order valence-electron chi connectivity index (χ3n) is 4.13. The van der Waals surface area contributed by atoms with Crippen molar-refractivity contribution in [2.75, 3.05) is 40.4 Å². The zero-order chi connectivity index (χ0) is 14.8. The molecule has 20 heavy (non-hydrogen) atoms. The lowest BCUT2D eigenvalue weighted by molar-refractivity contribution is 0.196. The van der Waals surface area contributed by atoms with Gasteiger partial charge in [-0.05, 0) is 38.0 Å². The van der Waals surface area contributed by atoms with Crippen molar-refractivity contribution in [2.45, 2.75) is 46.0 Å². The Morgan fingerprint density at radius 3 is 2.60 bits per heavy atom. The SMILES string of the molecule is CCNC(=NCCCOC)N(C)CC1CCC(C)CC1. The summed E-state index contributed by atoms with van der Waals surface area (Å²) in [6.07, 6.45) is 6.50. The number of nitrogens with zero attached hydrogens (tertiary/aromatic N) is 2. The first kappa shape index (κ1) is 17.3. The molecule has 4 nitrogen and oxygen atoms in total. The van der Waals surface area contributed by atoms with E-state index in [1.807, 2.05) is 0 Å². The van der Waals surface area contributed by atoms with E-state index in [1.54, 1.807) is 7.11 Å². The summed E-state index contributed by atoms with van der Waals surface area (Å²) in [7, 11) is 3.90. The van der Waals surface area contributed by atoms with Gasteiger partial charge in [0, 0.05) is 40.4 Å². The Hall–Kier alpha value is -0.770. The van der Waals surface area contributed by atoms with Crippen molar-refractivity contribution in [3.63, 3.8) is 0 Å². The number of guanidine groups is 1. The molecule has 0 atom stereocenters. The molecule has 4 heteroatoms. The van der Waals surface area contributed by atoms with Crippen LogP contribution < -0.4 is 5.32 Å². The van der Waals surface area contributed by atoms with Crippen molar-refractivity contribution in [1.82, 2.24) is 10.2 Å². The highest BCUT2D eigenvalue weighted by atomic mass is 16.5. The second kappa shape index (κ2) is 10.0. The average molecular weight is 283 g/mol. The summed E-state index contributed by atoms with van der Waals surface area (Å²) in [5.41, 5.74) is 0. The Bertz CT molecular complexity index is 273. The predicted octanol–water partition coefficient (Wildman–Crippen LogP) is 2.75. The van der Waals surface area contributed by atoms with Crippen LogP contribution in [-0.2, 0) is 4.74 Å². The van der Waals surface area contributed by atoms with E-state index in [1.165, 1.54) is 25.7 Å². The second-order valence-corrected chi connectivity index (χ2v) is 6.09.